The lowest BCUT2D eigenvalue weighted by Crippen LogP contribution is -2.35. The van der Waals surface area contributed by atoms with E-state index in [1.54, 1.807) is 6.07 Å². The van der Waals surface area contributed by atoms with Crippen molar-refractivity contribution >= 4 is 29.4 Å². The molecule has 0 atom stereocenters. The number of aryl methyl sites for hydroxylation is 2. The molecule has 0 saturated heterocycles. The fourth-order valence-corrected chi connectivity index (χ4v) is 2.74. The Kier molecular flexibility index (Phi) is 4.84. The zero-order valence-corrected chi connectivity index (χ0v) is 14.4. The van der Waals surface area contributed by atoms with E-state index < -0.39 is 6.03 Å². The number of H-pyrrole nitrogens is 1. The van der Waals surface area contributed by atoms with Crippen LogP contribution in [-0.2, 0) is 4.79 Å². The summed E-state index contributed by atoms with van der Waals surface area (Å²) in [6, 6.07) is 5.04. The number of hydrogen-bond acceptors (Lipinski definition) is 5. The van der Waals surface area contributed by atoms with E-state index in [9.17, 15) is 9.59 Å². The van der Waals surface area contributed by atoms with Gasteiger partial charge in [-0.2, -0.15) is 0 Å². The zero-order valence-electron chi connectivity index (χ0n) is 13.5. The van der Waals surface area contributed by atoms with Crippen LogP contribution in [-0.4, -0.2) is 32.9 Å². The zero-order chi connectivity index (χ0) is 17.1. The molecule has 3 N–H and O–H groups in total. The molecule has 1 aromatic carbocycles. The van der Waals surface area contributed by atoms with Crippen LogP contribution in [0.4, 0.5) is 10.5 Å². The number of aromatic nitrogens is 3. The molecule has 1 heterocycles. The average Bonchev–Trinajstić information content (AvgIpc) is 3.27. The van der Waals surface area contributed by atoms with Crippen LogP contribution in [0.3, 0.4) is 0 Å². The van der Waals surface area contributed by atoms with Crippen molar-refractivity contribution in [2.24, 2.45) is 0 Å². The van der Waals surface area contributed by atoms with Crippen LogP contribution in [0.15, 0.2) is 23.4 Å². The fourth-order valence-electron chi connectivity index (χ4n) is 2.14. The third-order valence-corrected chi connectivity index (χ3v) is 4.64. The third-order valence-electron chi connectivity index (χ3n) is 3.80. The molecule has 0 aliphatic heterocycles. The lowest BCUT2D eigenvalue weighted by molar-refractivity contribution is -0.117. The van der Waals surface area contributed by atoms with Crippen molar-refractivity contribution in [2.45, 2.75) is 37.8 Å². The van der Waals surface area contributed by atoms with E-state index in [1.165, 1.54) is 11.8 Å². The van der Waals surface area contributed by atoms with E-state index in [1.807, 2.05) is 26.0 Å². The van der Waals surface area contributed by atoms with Gasteiger partial charge in [0.25, 0.3) is 0 Å². The van der Waals surface area contributed by atoms with Crippen molar-refractivity contribution in [1.82, 2.24) is 20.5 Å². The average molecular weight is 345 g/mol. The number of amides is 3. The number of anilines is 1. The molecule has 0 bridgehead atoms. The Morgan fingerprint density at radius 2 is 2.08 bits per heavy atom. The maximum atomic E-state index is 11.8. The second-order valence-electron chi connectivity index (χ2n) is 5.87. The van der Waals surface area contributed by atoms with Crippen molar-refractivity contribution in [3.8, 4) is 0 Å². The first-order valence-electron chi connectivity index (χ1n) is 7.74. The number of nitrogens with zero attached hydrogens (tertiary/aromatic N) is 2. The van der Waals surface area contributed by atoms with Gasteiger partial charge >= 0.3 is 6.03 Å². The van der Waals surface area contributed by atoms with E-state index in [0.717, 1.165) is 29.8 Å². The lowest BCUT2D eigenvalue weighted by atomic mass is 10.1. The van der Waals surface area contributed by atoms with Gasteiger partial charge in [0, 0.05) is 11.6 Å². The van der Waals surface area contributed by atoms with Crippen molar-refractivity contribution < 1.29 is 9.59 Å². The number of carbonyl (C=O) groups is 2. The van der Waals surface area contributed by atoms with Gasteiger partial charge < -0.3 is 5.32 Å². The highest BCUT2D eigenvalue weighted by molar-refractivity contribution is 7.99. The molecule has 1 aromatic heterocycles. The van der Waals surface area contributed by atoms with E-state index in [2.05, 4.69) is 25.8 Å². The van der Waals surface area contributed by atoms with Crippen molar-refractivity contribution in [3.05, 3.63) is 35.2 Å². The highest BCUT2D eigenvalue weighted by Gasteiger charge is 2.27. The first-order chi connectivity index (χ1) is 11.5. The molecule has 3 amide bonds. The minimum atomic E-state index is -0.544. The predicted octanol–water partition coefficient (Wildman–Crippen LogP) is 2.74. The number of carbonyl (C=O) groups excluding carboxylic acids is 2. The Morgan fingerprint density at radius 3 is 2.79 bits per heavy atom. The second-order valence-corrected chi connectivity index (χ2v) is 6.81. The van der Waals surface area contributed by atoms with Crippen molar-refractivity contribution in [2.75, 3.05) is 11.1 Å². The Morgan fingerprint density at radius 1 is 1.29 bits per heavy atom. The molecular weight excluding hydrogens is 326 g/mol. The Balaban J connectivity index is 1.44. The van der Waals surface area contributed by atoms with Gasteiger partial charge in [-0.1, -0.05) is 17.8 Å². The quantitative estimate of drug-likeness (QED) is 0.724. The van der Waals surface area contributed by atoms with Gasteiger partial charge in [0.05, 0.1) is 5.75 Å². The molecule has 1 aliphatic carbocycles. The van der Waals surface area contributed by atoms with Gasteiger partial charge in [0.1, 0.15) is 5.82 Å². The highest BCUT2D eigenvalue weighted by Crippen LogP contribution is 2.38. The Labute approximate surface area is 144 Å². The van der Waals surface area contributed by atoms with Gasteiger partial charge in [-0.05, 0) is 49.9 Å². The number of aromatic amines is 1. The smallest absolute Gasteiger partial charge is 0.308 e. The molecule has 0 unspecified atom stereocenters. The van der Waals surface area contributed by atoms with E-state index in [0.29, 0.717) is 16.8 Å². The van der Waals surface area contributed by atoms with Gasteiger partial charge in [0.2, 0.25) is 11.1 Å². The normalized spacial score (nSPS) is 13.6. The largest absolute Gasteiger partial charge is 0.325 e. The van der Waals surface area contributed by atoms with Crippen LogP contribution in [0, 0.1) is 13.8 Å². The van der Waals surface area contributed by atoms with Crippen LogP contribution >= 0.6 is 11.8 Å². The molecular formula is C16H19N5O2S. The van der Waals surface area contributed by atoms with Crippen LogP contribution in [0.5, 0.6) is 0 Å². The molecule has 1 aliphatic rings. The topological polar surface area (TPSA) is 99.8 Å². The van der Waals surface area contributed by atoms with Crippen molar-refractivity contribution in [1.29, 1.82) is 0 Å². The standard InChI is InChI=1S/C16H19N5O2S/c1-9-3-6-12(7-10(9)2)17-15(23)18-13(22)8-24-16-19-14(20-21-16)11-4-5-11/h3,6-7,11H,4-5,8H2,1-2H3,(H,19,20,21)(H2,17,18,22,23). The van der Waals surface area contributed by atoms with E-state index in [-0.39, 0.29) is 11.7 Å². The summed E-state index contributed by atoms with van der Waals surface area (Å²) in [7, 11) is 0. The van der Waals surface area contributed by atoms with Crippen LogP contribution in [0.2, 0.25) is 0 Å². The summed E-state index contributed by atoms with van der Waals surface area (Å²) in [6.45, 7) is 3.96. The monoisotopic (exact) mass is 345 g/mol. The van der Waals surface area contributed by atoms with Crippen molar-refractivity contribution in [3.63, 3.8) is 0 Å². The number of thioether (sulfide) groups is 1. The summed E-state index contributed by atoms with van der Waals surface area (Å²) in [5.74, 6) is 1.07. The molecule has 24 heavy (non-hydrogen) atoms. The van der Waals surface area contributed by atoms with Gasteiger partial charge in [0.15, 0.2) is 0 Å². The molecule has 3 rings (SSSR count). The third kappa shape index (κ3) is 4.35. The predicted molar refractivity (Wildman–Crippen MR) is 92.2 cm³/mol. The van der Waals surface area contributed by atoms with E-state index >= 15 is 0 Å². The number of nitrogens with one attached hydrogen (secondary N) is 3. The first-order valence-corrected chi connectivity index (χ1v) is 8.73. The Hall–Kier alpha value is -2.35. The molecule has 0 spiro atoms. The SMILES string of the molecule is Cc1ccc(NC(=O)NC(=O)CSc2n[nH]c(C3CC3)n2)cc1C. The van der Waals surface area contributed by atoms with Gasteiger partial charge in [-0.15, -0.1) is 5.10 Å². The summed E-state index contributed by atoms with van der Waals surface area (Å²) in [5.41, 5.74) is 2.87. The van der Waals surface area contributed by atoms with Crippen LogP contribution < -0.4 is 10.6 Å². The minimum absolute atomic E-state index is 0.0856. The lowest BCUT2D eigenvalue weighted by Gasteiger charge is -2.08. The number of hydrogen-bond donors (Lipinski definition) is 3. The second kappa shape index (κ2) is 7.04. The van der Waals surface area contributed by atoms with Crippen LogP contribution in [0.25, 0.3) is 0 Å². The molecule has 8 heteroatoms. The summed E-state index contributed by atoms with van der Waals surface area (Å²) in [4.78, 5) is 28.0. The minimum Gasteiger partial charge on any atom is -0.308 e. The summed E-state index contributed by atoms with van der Waals surface area (Å²) in [5, 5.41) is 12.4. The fraction of sp³-hybridized carbons (Fsp3) is 0.375. The number of imide groups is 1. The summed E-state index contributed by atoms with van der Waals surface area (Å²) >= 11 is 1.20. The molecule has 7 nitrogen and oxygen atoms in total. The Bertz CT molecular complexity index is 770. The number of rotatable bonds is 5. The molecule has 126 valence electrons. The van der Waals surface area contributed by atoms with Crippen LogP contribution in [0.1, 0.15) is 35.7 Å². The number of benzene rings is 1. The van der Waals surface area contributed by atoms with Gasteiger partial charge in [-0.3, -0.25) is 15.2 Å². The first kappa shape index (κ1) is 16.5. The summed E-state index contributed by atoms with van der Waals surface area (Å²) in [6.07, 6.45) is 2.27. The molecule has 1 saturated carbocycles. The maximum Gasteiger partial charge on any atom is 0.325 e. The van der Waals surface area contributed by atoms with Gasteiger partial charge in [-0.25, -0.2) is 9.78 Å². The van der Waals surface area contributed by atoms with E-state index in [4.69, 9.17) is 0 Å². The maximum absolute atomic E-state index is 11.8. The molecule has 2 aromatic rings. The summed E-state index contributed by atoms with van der Waals surface area (Å²) < 4.78 is 0. The number of urea groups is 1. The molecule has 0 radical (unpaired) electrons. The molecule has 1 fully saturated rings. The highest BCUT2D eigenvalue weighted by atomic mass is 32.2.